The van der Waals surface area contributed by atoms with Gasteiger partial charge in [0.1, 0.15) is 12.6 Å². The number of halogens is 1. The van der Waals surface area contributed by atoms with E-state index < -0.39 is 24.1 Å². The maximum atomic E-state index is 12.9. The van der Waals surface area contributed by atoms with E-state index >= 15 is 0 Å². The average molecular weight is 445 g/mol. The molecule has 31 heavy (non-hydrogen) atoms. The van der Waals surface area contributed by atoms with E-state index in [1.807, 2.05) is 74.5 Å². The van der Waals surface area contributed by atoms with E-state index in [4.69, 9.17) is 16.3 Å². The zero-order chi connectivity index (χ0) is 22.6. The molecule has 0 aliphatic heterocycles. The van der Waals surface area contributed by atoms with Crippen LogP contribution in [0.1, 0.15) is 31.4 Å². The summed E-state index contributed by atoms with van der Waals surface area (Å²) in [5.41, 5.74) is 1.75. The summed E-state index contributed by atoms with van der Waals surface area (Å²) in [5.74, 6) is -0.792. The summed E-state index contributed by atoms with van der Waals surface area (Å²) in [6, 6.07) is 17.0. The van der Waals surface area contributed by atoms with Gasteiger partial charge in [0.25, 0.3) is 0 Å². The molecule has 6 nitrogen and oxygen atoms in total. The third kappa shape index (κ3) is 8.80. The number of carbonyl (C=O) groups excluding carboxylic acids is 3. The first-order valence-electron chi connectivity index (χ1n) is 10.3. The highest BCUT2D eigenvalue weighted by Crippen LogP contribution is 2.09. The summed E-state index contributed by atoms with van der Waals surface area (Å²) in [6.07, 6.45) is 0.0395. The van der Waals surface area contributed by atoms with Crippen LogP contribution in [-0.2, 0) is 27.4 Å². The van der Waals surface area contributed by atoms with E-state index in [-0.39, 0.29) is 24.2 Å². The summed E-state index contributed by atoms with van der Waals surface area (Å²) < 4.78 is 5.24. The van der Waals surface area contributed by atoms with Crippen molar-refractivity contribution in [2.24, 2.45) is 5.92 Å². The van der Waals surface area contributed by atoms with E-state index in [2.05, 4.69) is 10.6 Å². The summed E-state index contributed by atoms with van der Waals surface area (Å²) in [7, 11) is 0. The van der Waals surface area contributed by atoms with Gasteiger partial charge in [-0.25, -0.2) is 4.79 Å². The van der Waals surface area contributed by atoms with E-state index in [9.17, 15) is 14.4 Å². The topological polar surface area (TPSA) is 84.5 Å². The predicted molar refractivity (Wildman–Crippen MR) is 121 cm³/mol. The average Bonchev–Trinajstić information content (AvgIpc) is 2.77. The van der Waals surface area contributed by atoms with E-state index in [0.29, 0.717) is 12.8 Å². The largest absolute Gasteiger partial charge is 0.445 e. The number of Topliss-reactive ketones (excluding diaryl/α,β-unsaturated/α-hetero) is 1. The molecular formula is C24H29ClN2O4. The van der Waals surface area contributed by atoms with Gasteiger partial charge in [0.2, 0.25) is 5.91 Å². The quantitative estimate of drug-likeness (QED) is 0.515. The summed E-state index contributed by atoms with van der Waals surface area (Å²) in [4.78, 5) is 37.5. The Morgan fingerprint density at radius 2 is 1.45 bits per heavy atom. The third-order valence-electron chi connectivity index (χ3n) is 4.65. The fourth-order valence-electron chi connectivity index (χ4n) is 3.07. The molecule has 0 saturated heterocycles. The molecule has 2 aromatic carbocycles. The van der Waals surface area contributed by atoms with Crippen molar-refractivity contribution in [1.29, 1.82) is 0 Å². The first kappa shape index (κ1) is 24.4. The van der Waals surface area contributed by atoms with Gasteiger partial charge in [-0.3, -0.25) is 9.59 Å². The van der Waals surface area contributed by atoms with Crippen LogP contribution in [-0.4, -0.2) is 35.7 Å². The number of rotatable bonds is 11. The van der Waals surface area contributed by atoms with Crippen molar-refractivity contribution in [3.63, 3.8) is 0 Å². The molecule has 166 valence electrons. The summed E-state index contributed by atoms with van der Waals surface area (Å²) >= 11 is 5.75. The molecule has 0 saturated carbocycles. The number of hydrogen-bond acceptors (Lipinski definition) is 4. The number of alkyl carbamates (subject to hydrolysis) is 1. The fourth-order valence-corrected chi connectivity index (χ4v) is 3.26. The van der Waals surface area contributed by atoms with Crippen molar-refractivity contribution >= 4 is 29.4 Å². The van der Waals surface area contributed by atoms with E-state index in [0.717, 1.165) is 11.1 Å². The monoisotopic (exact) mass is 444 g/mol. The minimum absolute atomic E-state index is 0.101. The minimum atomic E-state index is -0.829. The van der Waals surface area contributed by atoms with Crippen molar-refractivity contribution in [3.05, 3.63) is 71.8 Å². The standard InChI is InChI=1S/C24H29ClN2O4/c1-17(2)13-21(27-24(30)31-16-19-11-7-4-8-12-19)23(29)26-20(22(28)15-25)14-18-9-5-3-6-10-18/h3-12,17,20-21H,13-16H2,1-2H3,(H,26,29)(H,27,30)/t20-,21-/m1/s1. The SMILES string of the molecule is CC(C)C[C@@H](NC(=O)OCc1ccccc1)C(=O)N[C@H](Cc1ccccc1)C(=O)CCl. The fraction of sp³-hybridized carbons (Fsp3) is 0.375. The lowest BCUT2D eigenvalue weighted by Gasteiger charge is -2.23. The molecule has 0 bridgehead atoms. The van der Waals surface area contributed by atoms with Crippen molar-refractivity contribution in [2.75, 3.05) is 5.88 Å². The first-order valence-corrected chi connectivity index (χ1v) is 10.8. The number of carbonyl (C=O) groups is 3. The molecule has 2 amide bonds. The number of ketones is 1. The number of hydrogen-bond donors (Lipinski definition) is 2. The van der Waals surface area contributed by atoms with Gasteiger partial charge in [0.15, 0.2) is 5.78 Å². The van der Waals surface area contributed by atoms with E-state index in [1.54, 1.807) is 0 Å². The van der Waals surface area contributed by atoms with Gasteiger partial charge >= 0.3 is 6.09 Å². The predicted octanol–water partition coefficient (Wildman–Crippen LogP) is 3.86. The molecule has 0 aromatic heterocycles. The van der Waals surface area contributed by atoms with Gasteiger partial charge in [-0.05, 0) is 29.9 Å². The van der Waals surface area contributed by atoms with Crippen molar-refractivity contribution in [3.8, 4) is 0 Å². The minimum Gasteiger partial charge on any atom is -0.445 e. The Morgan fingerprint density at radius 1 is 0.871 bits per heavy atom. The molecule has 2 atom stereocenters. The zero-order valence-corrected chi connectivity index (χ0v) is 18.6. The van der Waals surface area contributed by atoms with Crippen molar-refractivity contribution in [2.45, 2.75) is 45.4 Å². The molecule has 0 unspecified atom stereocenters. The van der Waals surface area contributed by atoms with Crippen molar-refractivity contribution in [1.82, 2.24) is 10.6 Å². The molecule has 0 aliphatic carbocycles. The highest BCUT2D eigenvalue weighted by atomic mass is 35.5. The van der Waals surface area contributed by atoms with Gasteiger partial charge in [-0.2, -0.15) is 0 Å². The van der Waals surface area contributed by atoms with Crippen LogP contribution in [0.3, 0.4) is 0 Å². The number of benzene rings is 2. The highest BCUT2D eigenvalue weighted by Gasteiger charge is 2.27. The number of nitrogens with one attached hydrogen (secondary N) is 2. The van der Waals surface area contributed by atoms with Crippen LogP contribution >= 0.6 is 11.6 Å². The smallest absolute Gasteiger partial charge is 0.408 e. The number of amides is 2. The van der Waals surface area contributed by atoms with Crippen LogP contribution in [0.15, 0.2) is 60.7 Å². The van der Waals surface area contributed by atoms with Gasteiger partial charge in [-0.1, -0.05) is 74.5 Å². The van der Waals surface area contributed by atoms with Crippen LogP contribution in [0.4, 0.5) is 4.79 Å². The normalized spacial score (nSPS) is 12.6. The van der Waals surface area contributed by atoms with Crippen LogP contribution < -0.4 is 10.6 Å². The Labute approximate surface area is 188 Å². The first-order chi connectivity index (χ1) is 14.9. The second-order valence-electron chi connectivity index (χ2n) is 7.74. The Bertz CT molecular complexity index is 843. The van der Waals surface area contributed by atoms with Gasteiger partial charge in [0, 0.05) is 0 Å². The number of alkyl halides is 1. The van der Waals surface area contributed by atoms with Crippen LogP contribution in [0.5, 0.6) is 0 Å². The maximum absolute atomic E-state index is 12.9. The maximum Gasteiger partial charge on any atom is 0.408 e. The lowest BCUT2D eigenvalue weighted by Crippen LogP contribution is -2.53. The second kappa shape index (κ2) is 12.7. The molecule has 0 heterocycles. The van der Waals surface area contributed by atoms with Crippen molar-refractivity contribution < 1.29 is 19.1 Å². The Balaban J connectivity index is 2.01. The second-order valence-corrected chi connectivity index (χ2v) is 8.01. The molecule has 0 aliphatic rings. The Kier molecular flexibility index (Phi) is 10.0. The van der Waals surface area contributed by atoms with Crippen LogP contribution in [0.2, 0.25) is 0 Å². The third-order valence-corrected chi connectivity index (χ3v) is 4.91. The lowest BCUT2D eigenvalue weighted by atomic mass is 10.00. The number of ether oxygens (including phenoxy) is 1. The molecular weight excluding hydrogens is 416 g/mol. The molecule has 2 N–H and O–H groups in total. The van der Waals surface area contributed by atoms with E-state index in [1.165, 1.54) is 0 Å². The zero-order valence-electron chi connectivity index (χ0n) is 17.8. The van der Waals surface area contributed by atoms with Crippen LogP contribution in [0.25, 0.3) is 0 Å². The Hall–Kier alpha value is -2.86. The van der Waals surface area contributed by atoms with Crippen LogP contribution in [0, 0.1) is 5.92 Å². The molecule has 2 aromatic rings. The molecule has 0 spiro atoms. The van der Waals surface area contributed by atoms with Gasteiger partial charge in [-0.15, -0.1) is 11.6 Å². The molecule has 0 fully saturated rings. The summed E-state index contributed by atoms with van der Waals surface area (Å²) in [6.45, 7) is 4.00. The molecule has 2 rings (SSSR count). The molecule has 7 heteroatoms. The lowest BCUT2D eigenvalue weighted by molar-refractivity contribution is -0.128. The highest BCUT2D eigenvalue weighted by molar-refractivity contribution is 6.28. The van der Waals surface area contributed by atoms with Gasteiger partial charge in [0.05, 0.1) is 11.9 Å². The van der Waals surface area contributed by atoms with Gasteiger partial charge < -0.3 is 15.4 Å². The Morgan fingerprint density at radius 3 is 2.00 bits per heavy atom. The summed E-state index contributed by atoms with van der Waals surface area (Å²) in [5, 5.41) is 5.38. The molecule has 0 radical (unpaired) electrons.